The van der Waals surface area contributed by atoms with E-state index < -0.39 is 6.10 Å². The van der Waals surface area contributed by atoms with Crippen LogP contribution in [0.3, 0.4) is 0 Å². The monoisotopic (exact) mass is 401 g/mol. The maximum atomic E-state index is 12.7. The van der Waals surface area contributed by atoms with E-state index in [0.717, 1.165) is 49.5 Å². The quantitative estimate of drug-likeness (QED) is 0.699. The molecule has 1 unspecified atom stereocenters. The highest BCUT2D eigenvalue weighted by Crippen LogP contribution is 2.20. The predicted octanol–water partition coefficient (Wildman–Crippen LogP) is 3.22. The fraction of sp³-hybridized carbons (Fsp3) is 0.409. The van der Waals surface area contributed by atoms with Crippen LogP contribution in [0.15, 0.2) is 48.5 Å². The van der Waals surface area contributed by atoms with E-state index in [1.807, 2.05) is 41.3 Å². The van der Waals surface area contributed by atoms with Crippen molar-refractivity contribution in [3.05, 3.63) is 59.7 Å². The molecule has 2 aromatic carbocycles. The van der Waals surface area contributed by atoms with E-state index >= 15 is 0 Å². The van der Waals surface area contributed by atoms with Gasteiger partial charge in [-0.15, -0.1) is 11.6 Å². The normalized spacial score (nSPS) is 15.4. The van der Waals surface area contributed by atoms with E-state index in [2.05, 4.69) is 29.3 Å². The lowest BCUT2D eigenvalue weighted by molar-refractivity contribution is 0.0747. The third kappa shape index (κ3) is 5.18. The summed E-state index contributed by atoms with van der Waals surface area (Å²) in [6, 6.07) is 16.1. The molecule has 0 radical (unpaired) electrons. The number of aryl methyl sites for hydroxylation is 1. The molecule has 2 N–H and O–H groups in total. The van der Waals surface area contributed by atoms with Gasteiger partial charge in [0.25, 0.3) is 5.91 Å². The number of benzene rings is 2. The SMILES string of the molecule is CCc1ccc(C(=O)N2CCN(c3ccc(NCC(O)CCl)cc3)CC2)cc1. The summed E-state index contributed by atoms with van der Waals surface area (Å²) in [4.78, 5) is 16.9. The molecule has 28 heavy (non-hydrogen) atoms. The molecule has 1 heterocycles. The second-order valence-electron chi connectivity index (χ2n) is 7.07. The molecule has 0 spiro atoms. The number of alkyl halides is 1. The minimum atomic E-state index is -0.551. The van der Waals surface area contributed by atoms with Crippen LogP contribution in [0, 0.1) is 0 Å². The number of hydrogen-bond donors (Lipinski definition) is 2. The summed E-state index contributed by atoms with van der Waals surface area (Å²) in [6.07, 6.45) is 0.430. The first-order chi connectivity index (χ1) is 13.6. The number of carbonyl (C=O) groups is 1. The lowest BCUT2D eigenvalue weighted by Gasteiger charge is -2.36. The van der Waals surface area contributed by atoms with Crippen molar-refractivity contribution in [2.75, 3.05) is 48.8 Å². The van der Waals surface area contributed by atoms with Crippen LogP contribution in [0.25, 0.3) is 0 Å². The number of nitrogens with zero attached hydrogens (tertiary/aromatic N) is 2. The number of aliphatic hydroxyl groups excluding tert-OH is 1. The van der Waals surface area contributed by atoms with Crippen LogP contribution in [-0.2, 0) is 6.42 Å². The molecule has 1 aliphatic rings. The first-order valence-electron chi connectivity index (χ1n) is 9.82. The highest BCUT2D eigenvalue weighted by atomic mass is 35.5. The first-order valence-corrected chi connectivity index (χ1v) is 10.3. The van der Waals surface area contributed by atoms with Gasteiger partial charge in [0.15, 0.2) is 0 Å². The summed E-state index contributed by atoms with van der Waals surface area (Å²) in [5.74, 6) is 0.330. The third-order valence-corrected chi connectivity index (χ3v) is 5.48. The number of anilines is 2. The van der Waals surface area contributed by atoms with Crippen LogP contribution >= 0.6 is 11.6 Å². The molecule has 2 aromatic rings. The van der Waals surface area contributed by atoms with Crippen LogP contribution in [0.4, 0.5) is 11.4 Å². The second kappa shape index (κ2) is 9.80. The topological polar surface area (TPSA) is 55.8 Å². The van der Waals surface area contributed by atoms with Gasteiger partial charge in [-0.3, -0.25) is 4.79 Å². The Labute approximate surface area is 171 Å². The summed E-state index contributed by atoms with van der Waals surface area (Å²) in [7, 11) is 0. The van der Waals surface area contributed by atoms with Crippen molar-refractivity contribution in [3.63, 3.8) is 0 Å². The Morgan fingerprint density at radius 1 is 1.07 bits per heavy atom. The van der Waals surface area contributed by atoms with Gasteiger partial charge in [0.05, 0.1) is 12.0 Å². The average Bonchev–Trinajstić information content (AvgIpc) is 2.77. The Hall–Kier alpha value is -2.24. The predicted molar refractivity (Wildman–Crippen MR) is 116 cm³/mol. The maximum Gasteiger partial charge on any atom is 0.253 e. The van der Waals surface area contributed by atoms with Crippen molar-refractivity contribution >= 4 is 28.9 Å². The number of aliphatic hydroxyl groups is 1. The van der Waals surface area contributed by atoms with Gasteiger partial charge in [-0.2, -0.15) is 0 Å². The highest BCUT2D eigenvalue weighted by molar-refractivity contribution is 6.18. The molecule has 1 saturated heterocycles. The summed E-state index contributed by atoms with van der Waals surface area (Å²) in [6.45, 7) is 5.62. The molecule has 1 aliphatic heterocycles. The van der Waals surface area contributed by atoms with Crippen LogP contribution in [0.2, 0.25) is 0 Å². The third-order valence-electron chi connectivity index (χ3n) is 5.13. The minimum Gasteiger partial charge on any atom is -0.390 e. The smallest absolute Gasteiger partial charge is 0.253 e. The summed E-state index contributed by atoms with van der Waals surface area (Å²) < 4.78 is 0. The number of halogens is 1. The van der Waals surface area contributed by atoms with Gasteiger partial charge in [-0.1, -0.05) is 19.1 Å². The van der Waals surface area contributed by atoms with Gasteiger partial charge in [0.2, 0.25) is 0 Å². The van der Waals surface area contributed by atoms with Crippen LogP contribution in [-0.4, -0.2) is 60.6 Å². The number of carbonyl (C=O) groups excluding carboxylic acids is 1. The fourth-order valence-electron chi connectivity index (χ4n) is 3.31. The number of nitrogens with one attached hydrogen (secondary N) is 1. The van der Waals surface area contributed by atoms with Crippen molar-refractivity contribution in [2.24, 2.45) is 0 Å². The van der Waals surface area contributed by atoms with E-state index in [4.69, 9.17) is 11.6 Å². The van der Waals surface area contributed by atoms with Gasteiger partial charge in [0.1, 0.15) is 0 Å². The van der Waals surface area contributed by atoms with Gasteiger partial charge < -0.3 is 20.2 Å². The standard InChI is InChI=1S/C22H28ClN3O2/c1-2-17-3-5-18(6-4-17)22(28)26-13-11-25(12-14-26)20-9-7-19(8-10-20)24-16-21(27)15-23/h3-10,21,24,27H,2,11-16H2,1H3. The zero-order valence-electron chi connectivity index (χ0n) is 16.3. The van der Waals surface area contributed by atoms with E-state index in [1.54, 1.807) is 0 Å². The van der Waals surface area contributed by atoms with Gasteiger partial charge in [0, 0.05) is 49.7 Å². The van der Waals surface area contributed by atoms with Gasteiger partial charge in [-0.25, -0.2) is 0 Å². The summed E-state index contributed by atoms with van der Waals surface area (Å²) in [5, 5.41) is 12.7. The molecule has 0 aliphatic carbocycles. The Bertz CT molecular complexity index is 756. The molecule has 0 aromatic heterocycles. The number of hydrogen-bond acceptors (Lipinski definition) is 4. The van der Waals surface area contributed by atoms with Crippen LogP contribution in [0.1, 0.15) is 22.8 Å². The molecule has 1 fully saturated rings. The average molecular weight is 402 g/mol. The van der Waals surface area contributed by atoms with Gasteiger partial charge in [-0.05, 0) is 48.4 Å². The van der Waals surface area contributed by atoms with E-state index in [0.29, 0.717) is 6.54 Å². The van der Waals surface area contributed by atoms with Crippen LogP contribution in [0.5, 0.6) is 0 Å². The van der Waals surface area contributed by atoms with Crippen molar-refractivity contribution in [1.82, 2.24) is 4.90 Å². The molecule has 1 amide bonds. The Kier molecular flexibility index (Phi) is 7.18. The van der Waals surface area contributed by atoms with E-state index in [9.17, 15) is 9.90 Å². The Morgan fingerprint density at radius 2 is 1.71 bits per heavy atom. The molecule has 1 atom stereocenters. The van der Waals surface area contributed by atoms with E-state index in [-0.39, 0.29) is 11.8 Å². The minimum absolute atomic E-state index is 0.111. The Morgan fingerprint density at radius 3 is 2.29 bits per heavy atom. The molecular formula is C22H28ClN3O2. The van der Waals surface area contributed by atoms with Crippen molar-refractivity contribution < 1.29 is 9.90 Å². The Balaban J connectivity index is 1.52. The number of rotatable bonds is 7. The number of amides is 1. The molecule has 3 rings (SSSR count). The van der Waals surface area contributed by atoms with Crippen LogP contribution < -0.4 is 10.2 Å². The highest BCUT2D eigenvalue weighted by Gasteiger charge is 2.22. The van der Waals surface area contributed by atoms with Crippen molar-refractivity contribution in [3.8, 4) is 0 Å². The largest absolute Gasteiger partial charge is 0.390 e. The second-order valence-corrected chi connectivity index (χ2v) is 7.37. The zero-order valence-corrected chi connectivity index (χ0v) is 17.0. The summed E-state index contributed by atoms with van der Waals surface area (Å²) in [5.41, 5.74) is 4.11. The lowest BCUT2D eigenvalue weighted by Crippen LogP contribution is -2.48. The molecule has 0 saturated carbocycles. The van der Waals surface area contributed by atoms with Gasteiger partial charge >= 0.3 is 0 Å². The first kappa shape index (κ1) is 20.5. The molecule has 0 bridgehead atoms. The molecule has 6 heteroatoms. The van der Waals surface area contributed by atoms with Crippen molar-refractivity contribution in [2.45, 2.75) is 19.4 Å². The molecule has 5 nitrogen and oxygen atoms in total. The zero-order chi connectivity index (χ0) is 19.9. The lowest BCUT2D eigenvalue weighted by atomic mass is 10.1. The number of piperazine rings is 1. The van der Waals surface area contributed by atoms with E-state index in [1.165, 1.54) is 5.56 Å². The van der Waals surface area contributed by atoms with Crippen molar-refractivity contribution in [1.29, 1.82) is 0 Å². The molecule has 150 valence electrons. The fourth-order valence-corrected chi connectivity index (χ4v) is 3.42. The summed E-state index contributed by atoms with van der Waals surface area (Å²) >= 11 is 5.61. The molecular weight excluding hydrogens is 374 g/mol. The maximum absolute atomic E-state index is 12.7.